The van der Waals surface area contributed by atoms with Crippen molar-refractivity contribution in [3.8, 4) is 0 Å². The number of hydrogen-bond acceptors (Lipinski definition) is 5. The van der Waals surface area contributed by atoms with Gasteiger partial charge < -0.3 is 0 Å². The van der Waals surface area contributed by atoms with E-state index in [0.717, 1.165) is 22.9 Å². The average Bonchev–Trinajstić information content (AvgIpc) is 2.73. The van der Waals surface area contributed by atoms with E-state index in [-0.39, 0.29) is 23.0 Å². The second kappa shape index (κ2) is 8.47. The van der Waals surface area contributed by atoms with Gasteiger partial charge in [0.25, 0.3) is 21.5 Å². The van der Waals surface area contributed by atoms with Gasteiger partial charge in [0, 0.05) is 11.9 Å². The van der Waals surface area contributed by atoms with E-state index in [4.69, 9.17) is 0 Å². The number of rotatable bonds is 6. The molecule has 0 saturated heterocycles. The molecule has 0 aliphatic carbocycles. The molecule has 12 heteroatoms. The number of aromatic nitrogens is 2. The molecule has 0 aliphatic heterocycles. The Kier molecular flexibility index (Phi) is 6.13. The number of sulfonamides is 1. The molecule has 8 nitrogen and oxygen atoms in total. The molecule has 1 aromatic heterocycles. The highest BCUT2D eigenvalue weighted by Crippen LogP contribution is 2.33. The summed E-state index contributed by atoms with van der Waals surface area (Å²) in [6.07, 6.45) is -4.37. The Bertz CT molecular complexity index is 1300. The molecule has 0 unspecified atom stereocenters. The van der Waals surface area contributed by atoms with Gasteiger partial charge in [-0.05, 0) is 24.6 Å². The van der Waals surface area contributed by atoms with E-state index >= 15 is 0 Å². The molecule has 0 bridgehead atoms. The van der Waals surface area contributed by atoms with E-state index in [1.807, 2.05) is 5.43 Å². The van der Waals surface area contributed by atoms with Gasteiger partial charge in [-0.3, -0.25) is 15.0 Å². The molecule has 0 atom stereocenters. The minimum atomic E-state index is -4.91. The molecule has 1 amide bonds. The van der Waals surface area contributed by atoms with Crippen molar-refractivity contribution in [3.63, 3.8) is 0 Å². The summed E-state index contributed by atoms with van der Waals surface area (Å²) in [4.78, 5) is 25.7. The third kappa shape index (κ3) is 4.59. The number of benzene rings is 2. The van der Waals surface area contributed by atoms with Crippen LogP contribution in [0.4, 0.5) is 13.2 Å². The number of nitrogens with one attached hydrogen (secondary N) is 2. The minimum absolute atomic E-state index is 0.173. The lowest BCUT2D eigenvalue weighted by molar-refractivity contribution is -0.139. The zero-order chi connectivity index (χ0) is 22.8. The van der Waals surface area contributed by atoms with Gasteiger partial charge in [0.1, 0.15) is 0 Å². The maximum absolute atomic E-state index is 13.1. The van der Waals surface area contributed by atoms with Crippen LogP contribution in [0.5, 0.6) is 0 Å². The topological polar surface area (TPSA) is 110 Å². The molecule has 3 rings (SSSR count). The lowest BCUT2D eigenvalue weighted by Crippen LogP contribution is -2.43. The summed E-state index contributed by atoms with van der Waals surface area (Å²) < 4.78 is 65.4. The van der Waals surface area contributed by atoms with Crippen LogP contribution in [0.25, 0.3) is 10.8 Å². The van der Waals surface area contributed by atoms with Gasteiger partial charge >= 0.3 is 6.18 Å². The Labute approximate surface area is 174 Å². The van der Waals surface area contributed by atoms with Crippen LogP contribution in [0.3, 0.4) is 0 Å². The summed E-state index contributed by atoms with van der Waals surface area (Å²) in [6, 6.07) is 9.67. The van der Waals surface area contributed by atoms with Crippen LogP contribution in [0.2, 0.25) is 0 Å². The summed E-state index contributed by atoms with van der Waals surface area (Å²) in [6.45, 7) is 2.02. The zero-order valence-electron chi connectivity index (χ0n) is 16.1. The zero-order valence-corrected chi connectivity index (χ0v) is 16.9. The van der Waals surface area contributed by atoms with Crippen LogP contribution >= 0.6 is 0 Å². The fourth-order valence-corrected chi connectivity index (χ4v) is 4.00. The molecule has 2 aromatic carbocycles. The fourth-order valence-electron chi connectivity index (χ4n) is 2.93. The Hall–Kier alpha value is -3.25. The van der Waals surface area contributed by atoms with Crippen molar-refractivity contribution in [2.75, 3.05) is 0 Å². The maximum Gasteiger partial charge on any atom is 0.417 e. The Morgan fingerprint density at radius 1 is 1.06 bits per heavy atom. The van der Waals surface area contributed by atoms with E-state index in [1.54, 1.807) is 23.9 Å². The van der Waals surface area contributed by atoms with Crippen molar-refractivity contribution in [1.29, 1.82) is 0 Å². The van der Waals surface area contributed by atoms with E-state index in [9.17, 15) is 31.2 Å². The first-order valence-corrected chi connectivity index (χ1v) is 10.5. The average molecular weight is 454 g/mol. The molecule has 2 N–H and O–H groups in total. The highest BCUT2D eigenvalue weighted by atomic mass is 32.2. The molecular weight excluding hydrogens is 437 g/mol. The third-order valence-electron chi connectivity index (χ3n) is 4.30. The summed E-state index contributed by atoms with van der Waals surface area (Å²) in [5.74, 6) is -1.03. The SMILES string of the molecule is CCCn1nc(C(=O)NNS(=O)(=O)c2ccccc2C(F)(F)F)c2ccccc2c1=O. The number of fused-ring (bicyclic) bond motifs is 1. The highest BCUT2D eigenvalue weighted by molar-refractivity contribution is 7.89. The first-order valence-electron chi connectivity index (χ1n) is 9.04. The van der Waals surface area contributed by atoms with Crippen molar-refractivity contribution < 1.29 is 26.4 Å². The number of hydrogen-bond donors (Lipinski definition) is 2. The largest absolute Gasteiger partial charge is 0.417 e. The molecule has 0 aliphatic rings. The maximum atomic E-state index is 13.1. The molecule has 1 heterocycles. The van der Waals surface area contributed by atoms with Crippen molar-refractivity contribution in [2.24, 2.45) is 0 Å². The van der Waals surface area contributed by atoms with Crippen molar-refractivity contribution in [2.45, 2.75) is 31.0 Å². The number of amides is 1. The van der Waals surface area contributed by atoms with E-state index in [2.05, 4.69) is 5.10 Å². The minimum Gasteiger partial charge on any atom is -0.272 e. The lowest BCUT2D eigenvalue weighted by atomic mass is 10.1. The van der Waals surface area contributed by atoms with E-state index < -0.39 is 38.1 Å². The van der Waals surface area contributed by atoms with Gasteiger partial charge in [-0.25, -0.2) is 13.1 Å². The highest BCUT2D eigenvalue weighted by Gasteiger charge is 2.37. The molecule has 0 spiro atoms. The number of carbonyl (C=O) groups is 1. The molecule has 0 saturated carbocycles. The first-order chi connectivity index (χ1) is 14.6. The number of halogens is 3. The smallest absolute Gasteiger partial charge is 0.272 e. The van der Waals surface area contributed by atoms with Gasteiger partial charge in [-0.1, -0.05) is 37.3 Å². The summed E-state index contributed by atoms with van der Waals surface area (Å²) in [7, 11) is -4.76. The van der Waals surface area contributed by atoms with Gasteiger partial charge in [0.15, 0.2) is 5.69 Å². The molecule has 0 fully saturated rings. The van der Waals surface area contributed by atoms with Gasteiger partial charge in [0.2, 0.25) is 0 Å². The van der Waals surface area contributed by atoms with Crippen LogP contribution in [-0.4, -0.2) is 24.1 Å². The van der Waals surface area contributed by atoms with E-state index in [1.165, 1.54) is 12.1 Å². The van der Waals surface area contributed by atoms with Crippen LogP contribution in [0.1, 0.15) is 29.4 Å². The first kappa shape index (κ1) is 22.4. The third-order valence-corrected chi connectivity index (χ3v) is 5.60. The fraction of sp³-hybridized carbons (Fsp3) is 0.211. The van der Waals surface area contributed by atoms with Gasteiger partial charge in [-0.15, -0.1) is 4.83 Å². The molecule has 31 heavy (non-hydrogen) atoms. The van der Waals surface area contributed by atoms with Crippen LogP contribution in [0, 0.1) is 0 Å². The monoisotopic (exact) mass is 454 g/mol. The standard InChI is InChI=1S/C19H17F3N4O4S/c1-2-11-26-18(28)13-8-4-3-7-12(13)16(24-26)17(27)23-25-31(29,30)15-10-6-5-9-14(15)19(20,21)22/h3-10,25H,2,11H2,1H3,(H,23,27). The summed E-state index contributed by atoms with van der Waals surface area (Å²) in [5, 5.41) is 4.37. The predicted octanol–water partition coefficient (Wildman–Crippen LogP) is 2.45. The second-order valence-corrected chi connectivity index (χ2v) is 8.13. The Balaban J connectivity index is 1.96. The van der Waals surface area contributed by atoms with Crippen molar-refractivity contribution >= 4 is 26.7 Å². The van der Waals surface area contributed by atoms with Crippen molar-refractivity contribution in [3.05, 3.63) is 70.1 Å². The van der Waals surface area contributed by atoms with Crippen LogP contribution in [0.15, 0.2) is 58.2 Å². The summed E-state index contributed by atoms with van der Waals surface area (Å²) >= 11 is 0. The number of alkyl halides is 3. The molecule has 0 radical (unpaired) electrons. The van der Waals surface area contributed by atoms with Gasteiger partial charge in [-0.2, -0.15) is 18.3 Å². The van der Waals surface area contributed by atoms with Gasteiger partial charge in [0.05, 0.1) is 15.8 Å². The summed E-state index contributed by atoms with van der Waals surface area (Å²) in [5.41, 5.74) is -0.179. The number of carbonyl (C=O) groups excluding carboxylic acids is 1. The number of aryl methyl sites for hydroxylation is 1. The normalized spacial score (nSPS) is 12.1. The Morgan fingerprint density at radius 3 is 2.32 bits per heavy atom. The van der Waals surface area contributed by atoms with Crippen molar-refractivity contribution in [1.82, 2.24) is 20.0 Å². The molecular formula is C19H17F3N4O4S. The number of hydrazine groups is 1. The van der Waals surface area contributed by atoms with Crippen LogP contribution < -0.4 is 15.8 Å². The second-order valence-electron chi connectivity index (χ2n) is 6.48. The quantitative estimate of drug-likeness (QED) is 0.556. The van der Waals surface area contributed by atoms with E-state index in [0.29, 0.717) is 12.5 Å². The lowest BCUT2D eigenvalue weighted by Gasteiger charge is -2.14. The molecule has 3 aromatic rings. The van der Waals surface area contributed by atoms with Crippen LogP contribution in [-0.2, 0) is 22.7 Å². The molecule has 164 valence electrons. The number of nitrogens with zero attached hydrogens (tertiary/aromatic N) is 2. The predicted molar refractivity (Wildman–Crippen MR) is 106 cm³/mol. The Morgan fingerprint density at radius 2 is 1.68 bits per heavy atom.